The number of benzene rings is 1. The van der Waals surface area contributed by atoms with Crippen molar-refractivity contribution >= 4 is 67.9 Å². The maximum absolute atomic E-state index is 13.8. The molecule has 0 unspecified atom stereocenters. The molecule has 1 amide bonds. The topological polar surface area (TPSA) is 59.0 Å². The minimum absolute atomic E-state index is 0.0873. The van der Waals surface area contributed by atoms with E-state index < -0.39 is 24.2 Å². The van der Waals surface area contributed by atoms with Gasteiger partial charge in [-0.3, -0.25) is 4.79 Å². The molecular formula is C18H12BrCl2F3N4OS. The van der Waals surface area contributed by atoms with Crippen LogP contribution >= 0.6 is 50.5 Å². The Bertz CT molecular complexity index is 1100. The third kappa shape index (κ3) is 3.93. The van der Waals surface area contributed by atoms with Gasteiger partial charge < -0.3 is 10.6 Å². The number of alkyl halides is 3. The van der Waals surface area contributed by atoms with Crippen LogP contribution in [0.5, 0.6) is 0 Å². The second-order valence-corrected chi connectivity index (χ2v) is 9.07. The van der Waals surface area contributed by atoms with Crippen LogP contribution < -0.4 is 10.6 Å². The minimum atomic E-state index is -4.54. The average molecular weight is 540 g/mol. The van der Waals surface area contributed by atoms with Crippen LogP contribution in [0.1, 0.15) is 33.9 Å². The molecule has 12 heteroatoms. The fraction of sp³-hybridized carbons (Fsp3) is 0.222. The summed E-state index contributed by atoms with van der Waals surface area (Å²) < 4.78 is 42.3. The average Bonchev–Trinajstić information content (AvgIpc) is 3.32. The molecule has 0 bridgehead atoms. The number of amides is 1. The molecule has 3 heterocycles. The molecular weight excluding hydrogens is 528 g/mol. The maximum Gasteiger partial charge on any atom is 0.410 e. The summed E-state index contributed by atoms with van der Waals surface area (Å²) in [5, 5.41) is 11.7. The first-order valence-electron chi connectivity index (χ1n) is 8.57. The lowest BCUT2D eigenvalue weighted by atomic mass is 10.0. The maximum atomic E-state index is 13.8. The molecule has 0 fully saturated rings. The number of aromatic nitrogens is 2. The van der Waals surface area contributed by atoms with Crippen molar-refractivity contribution in [2.45, 2.75) is 24.7 Å². The van der Waals surface area contributed by atoms with Crippen LogP contribution in [0.2, 0.25) is 10.0 Å². The van der Waals surface area contributed by atoms with Crippen LogP contribution in [-0.4, -0.2) is 21.9 Å². The Morgan fingerprint density at radius 3 is 2.73 bits per heavy atom. The Morgan fingerprint density at radius 1 is 1.30 bits per heavy atom. The smallest absolute Gasteiger partial charge is 0.362 e. The third-order valence-electron chi connectivity index (χ3n) is 4.60. The molecule has 2 atom stereocenters. The largest absolute Gasteiger partial charge is 0.410 e. The van der Waals surface area contributed by atoms with Crippen LogP contribution in [0, 0.1) is 0 Å². The molecule has 2 N–H and O–H groups in total. The standard InChI is InChI=1S/C18H12BrCl2F3N4OS/c19-13-15(17(29)26-9-4-1-3-8(20)14(9)21)27-28-12(18(22,23)24)7-10(25-16(13)28)11-5-2-6-30-11/h1-6,10,12,25H,7H2,(H,26,29)/t10-,12-/m1/s1. The molecule has 3 aromatic rings. The van der Waals surface area contributed by atoms with Gasteiger partial charge in [0.05, 0.1) is 26.2 Å². The second kappa shape index (κ2) is 8.07. The van der Waals surface area contributed by atoms with E-state index in [9.17, 15) is 18.0 Å². The van der Waals surface area contributed by atoms with Crippen LogP contribution in [0.25, 0.3) is 0 Å². The van der Waals surface area contributed by atoms with Gasteiger partial charge in [-0.1, -0.05) is 35.3 Å². The first-order valence-corrected chi connectivity index (χ1v) is 11.0. The zero-order valence-corrected chi connectivity index (χ0v) is 18.7. The molecule has 4 rings (SSSR count). The van der Waals surface area contributed by atoms with Crippen LogP contribution in [0.4, 0.5) is 24.7 Å². The molecule has 0 spiro atoms. The van der Waals surface area contributed by atoms with Crippen molar-refractivity contribution in [3.8, 4) is 0 Å². The van der Waals surface area contributed by atoms with Crippen molar-refractivity contribution < 1.29 is 18.0 Å². The van der Waals surface area contributed by atoms with Gasteiger partial charge in [-0.2, -0.15) is 18.3 Å². The van der Waals surface area contributed by atoms with Gasteiger partial charge in [-0.05, 0) is 39.5 Å². The van der Waals surface area contributed by atoms with Crippen molar-refractivity contribution in [2.75, 3.05) is 10.6 Å². The molecule has 1 aliphatic heterocycles. The van der Waals surface area contributed by atoms with Crippen molar-refractivity contribution in [3.05, 3.63) is 60.8 Å². The van der Waals surface area contributed by atoms with E-state index in [1.54, 1.807) is 29.6 Å². The first kappa shape index (κ1) is 21.5. The van der Waals surface area contributed by atoms with Crippen LogP contribution in [0.15, 0.2) is 40.2 Å². The lowest BCUT2D eigenvalue weighted by molar-refractivity contribution is -0.173. The highest BCUT2D eigenvalue weighted by Gasteiger charge is 2.48. The number of thiophene rings is 1. The zero-order valence-electron chi connectivity index (χ0n) is 14.8. The number of anilines is 2. The molecule has 0 saturated carbocycles. The van der Waals surface area contributed by atoms with Gasteiger partial charge in [0, 0.05) is 11.3 Å². The molecule has 0 aliphatic carbocycles. The van der Waals surface area contributed by atoms with Gasteiger partial charge >= 0.3 is 6.18 Å². The van der Waals surface area contributed by atoms with Crippen LogP contribution in [0.3, 0.4) is 0 Å². The SMILES string of the molecule is O=C(Nc1cccc(Cl)c1Cl)c1nn2c(c1Br)N[C@@H](c1cccs1)C[C@@H]2C(F)(F)F. The second-order valence-electron chi connectivity index (χ2n) is 6.52. The van der Waals surface area contributed by atoms with Gasteiger partial charge in [-0.25, -0.2) is 4.68 Å². The highest BCUT2D eigenvalue weighted by atomic mass is 79.9. The summed E-state index contributed by atoms with van der Waals surface area (Å²) >= 11 is 16.6. The Balaban J connectivity index is 1.71. The summed E-state index contributed by atoms with van der Waals surface area (Å²) in [5.41, 5.74) is 0.0263. The molecule has 0 saturated heterocycles. The predicted octanol–water partition coefficient (Wildman–Crippen LogP) is 6.93. The Morgan fingerprint density at radius 2 is 2.07 bits per heavy atom. The van der Waals surface area contributed by atoms with E-state index in [2.05, 4.69) is 31.7 Å². The van der Waals surface area contributed by atoms with E-state index in [0.717, 1.165) is 9.56 Å². The van der Waals surface area contributed by atoms with Crippen LogP contribution in [-0.2, 0) is 0 Å². The number of nitrogens with one attached hydrogen (secondary N) is 2. The van der Waals surface area contributed by atoms with E-state index in [4.69, 9.17) is 23.2 Å². The van der Waals surface area contributed by atoms with Gasteiger partial charge in [0.1, 0.15) is 5.82 Å². The van der Waals surface area contributed by atoms with Gasteiger partial charge in [0.2, 0.25) is 0 Å². The third-order valence-corrected chi connectivity index (χ3v) is 7.15. The number of nitrogens with zero attached hydrogens (tertiary/aromatic N) is 2. The van der Waals surface area contributed by atoms with Crippen molar-refractivity contribution in [3.63, 3.8) is 0 Å². The monoisotopic (exact) mass is 538 g/mol. The summed E-state index contributed by atoms with van der Waals surface area (Å²) in [7, 11) is 0. The van der Waals surface area contributed by atoms with Crippen molar-refractivity contribution in [2.24, 2.45) is 0 Å². The van der Waals surface area contributed by atoms with E-state index in [0.29, 0.717) is 0 Å². The molecule has 1 aliphatic rings. The van der Waals surface area contributed by atoms with Gasteiger partial charge in [0.15, 0.2) is 11.7 Å². The van der Waals surface area contributed by atoms with E-state index in [-0.39, 0.29) is 38.1 Å². The Hall–Kier alpha value is -1.75. The number of hydrogen-bond acceptors (Lipinski definition) is 4. The highest BCUT2D eigenvalue weighted by molar-refractivity contribution is 9.10. The number of halogens is 6. The number of rotatable bonds is 3. The first-order chi connectivity index (χ1) is 14.2. The van der Waals surface area contributed by atoms with E-state index >= 15 is 0 Å². The molecule has 158 valence electrons. The molecule has 0 radical (unpaired) electrons. The highest BCUT2D eigenvalue weighted by Crippen LogP contribution is 2.47. The number of carbonyl (C=O) groups excluding carboxylic acids is 1. The van der Waals surface area contributed by atoms with Crippen molar-refractivity contribution in [1.82, 2.24) is 9.78 Å². The number of carbonyl (C=O) groups is 1. The molecule has 5 nitrogen and oxygen atoms in total. The fourth-order valence-corrected chi connectivity index (χ4v) is 4.89. The number of fused-ring (bicyclic) bond motifs is 1. The van der Waals surface area contributed by atoms with E-state index in [1.807, 2.05) is 0 Å². The quantitative estimate of drug-likeness (QED) is 0.379. The Kier molecular flexibility index (Phi) is 5.78. The summed E-state index contributed by atoms with van der Waals surface area (Å²) in [6.45, 7) is 0. The molecule has 30 heavy (non-hydrogen) atoms. The summed E-state index contributed by atoms with van der Waals surface area (Å²) in [5.74, 6) is -0.632. The fourth-order valence-electron chi connectivity index (χ4n) is 3.19. The lowest BCUT2D eigenvalue weighted by Crippen LogP contribution is -2.35. The van der Waals surface area contributed by atoms with E-state index in [1.165, 1.54) is 17.4 Å². The zero-order chi connectivity index (χ0) is 21.6. The summed E-state index contributed by atoms with van der Waals surface area (Å²) in [6, 6.07) is 5.77. The predicted molar refractivity (Wildman–Crippen MR) is 115 cm³/mol. The summed E-state index contributed by atoms with van der Waals surface area (Å²) in [4.78, 5) is 13.5. The number of hydrogen-bond donors (Lipinski definition) is 2. The molecule has 1 aromatic carbocycles. The summed E-state index contributed by atoms with van der Waals surface area (Å²) in [6.07, 6.45) is -4.78. The Labute approximate surface area is 191 Å². The normalized spacial score (nSPS) is 18.6. The lowest BCUT2D eigenvalue weighted by Gasteiger charge is -2.33. The van der Waals surface area contributed by atoms with Gasteiger partial charge in [-0.15, -0.1) is 11.3 Å². The molecule has 2 aromatic heterocycles. The van der Waals surface area contributed by atoms with Gasteiger partial charge in [0.25, 0.3) is 5.91 Å². The van der Waals surface area contributed by atoms with Crippen molar-refractivity contribution in [1.29, 1.82) is 0 Å². The minimum Gasteiger partial charge on any atom is -0.362 e.